The molecule has 0 amide bonds. The largest absolute Gasteiger partial charge is 0.416 e. The van der Waals surface area contributed by atoms with Crippen LogP contribution in [-0.4, -0.2) is 6.54 Å². The van der Waals surface area contributed by atoms with Gasteiger partial charge in [-0.05, 0) is 12.1 Å². The summed E-state index contributed by atoms with van der Waals surface area (Å²) < 4.78 is 49.7. The lowest BCUT2D eigenvalue weighted by Crippen LogP contribution is -2.22. The summed E-state index contributed by atoms with van der Waals surface area (Å²) in [4.78, 5) is 0. The summed E-state index contributed by atoms with van der Waals surface area (Å²) >= 11 is 0. The van der Waals surface area contributed by atoms with Crippen LogP contribution in [-0.2, 0) is 6.18 Å². The Kier molecular flexibility index (Phi) is 7.74. The molecule has 0 heterocycles. The Bertz CT molecular complexity index is 357. The topological polar surface area (TPSA) is 52.0 Å². The summed E-state index contributed by atoms with van der Waals surface area (Å²) in [5, 5.41) is 0. The first kappa shape index (κ1) is 18.8. The van der Waals surface area contributed by atoms with Gasteiger partial charge in [-0.15, -0.1) is 24.8 Å². The van der Waals surface area contributed by atoms with Crippen molar-refractivity contribution >= 4 is 24.8 Å². The van der Waals surface area contributed by atoms with E-state index < -0.39 is 23.6 Å². The van der Waals surface area contributed by atoms with Crippen LogP contribution in [0.5, 0.6) is 0 Å². The van der Waals surface area contributed by atoms with Gasteiger partial charge in [-0.1, -0.05) is 6.07 Å². The first-order valence-corrected chi connectivity index (χ1v) is 4.18. The number of nitrogens with two attached hydrogens (primary N) is 2. The fourth-order valence-electron chi connectivity index (χ4n) is 1.13. The maximum Gasteiger partial charge on any atom is 0.416 e. The van der Waals surface area contributed by atoms with Gasteiger partial charge in [0.15, 0.2) is 0 Å². The van der Waals surface area contributed by atoms with Gasteiger partial charge in [0, 0.05) is 18.2 Å². The van der Waals surface area contributed by atoms with Crippen LogP contribution in [0.4, 0.5) is 17.6 Å². The number of hydrogen-bond donors (Lipinski definition) is 2. The van der Waals surface area contributed by atoms with Gasteiger partial charge in [0.05, 0.1) is 5.56 Å². The van der Waals surface area contributed by atoms with Crippen LogP contribution in [0.3, 0.4) is 0 Å². The molecule has 0 fully saturated rings. The van der Waals surface area contributed by atoms with Crippen molar-refractivity contribution in [3.8, 4) is 0 Å². The smallest absolute Gasteiger partial charge is 0.329 e. The van der Waals surface area contributed by atoms with E-state index in [2.05, 4.69) is 0 Å². The molecule has 0 spiro atoms. The van der Waals surface area contributed by atoms with Gasteiger partial charge < -0.3 is 11.5 Å². The van der Waals surface area contributed by atoms with Gasteiger partial charge in [0.25, 0.3) is 0 Å². The van der Waals surface area contributed by atoms with Crippen LogP contribution >= 0.6 is 24.8 Å². The minimum atomic E-state index is -4.55. The average molecular weight is 295 g/mol. The second-order valence-electron chi connectivity index (χ2n) is 3.08. The van der Waals surface area contributed by atoms with E-state index >= 15 is 0 Å². The third kappa shape index (κ3) is 4.67. The molecule has 2 nitrogen and oxygen atoms in total. The number of halogens is 6. The van der Waals surface area contributed by atoms with E-state index in [4.69, 9.17) is 11.5 Å². The normalized spacial score (nSPS) is 12.4. The standard InChI is InChI=1S/C9H10F4N2.2ClH/c10-7-3-5(9(11,12)13)1-2-6(7)8(15)4-14;;/h1-3,8H,4,14-15H2;2*1H/t8-;;/m1../s1. The van der Waals surface area contributed by atoms with Gasteiger partial charge in [-0.3, -0.25) is 0 Å². The summed E-state index contributed by atoms with van der Waals surface area (Å²) in [5.41, 5.74) is 9.55. The van der Waals surface area contributed by atoms with E-state index in [0.717, 1.165) is 12.1 Å². The van der Waals surface area contributed by atoms with E-state index in [0.29, 0.717) is 6.07 Å². The van der Waals surface area contributed by atoms with Crippen molar-refractivity contribution in [2.75, 3.05) is 6.54 Å². The average Bonchev–Trinajstić information content (AvgIpc) is 2.15. The molecular formula is C9H12Cl2F4N2. The summed E-state index contributed by atoms with van der Waals surface area (Å²) in [6, 6.07) is 1.43. The van der Waals surface area contributed by atoms with Crippen molar-refractivity contribution in [2.24, 2.45) is 11.5 Å². The Morgan fingerprint density at radius 3 is 2.06 bits per heavy atom. The molecule has 4 N–H and O–H groups in total. The molecule has 8 heteroatoms. The molecular weight excluding hydrogens is 283 g/mol. The SMILES string of the molecule is Cl.Cl.NC[C@@H](N)c1ccc(C(F)(F)F)cc1F. The van der Waals surface area contributed by atoms with E-state index in [9.17, 15) is 17.6 Å². The van der Waals surface area contributed by atoms with Crippen molar-refractivity contribution in [1.82, 2.24) is 0 Å². The summed E-state index contributed by atoms with van der Waals surface area (Å²) in [6.07, 6.45) is -4.55. The van der Waals surface area contributed by atoms with Crippen LogP contribution in [0.15, 0.2) is 18.2 Å². The maximum atomic E-state index is 13.2. The zero-order valence-corrected chi connectivity index (χ0v) is 10.1. The Morgan fingerprint density at radius 1 is 1.18 bits per heavy atom. The fraction of sp³-hybridized carbons (Fsp3) is 0.333. The molecule has 17 heavy (non-hydrogen) atoms. The molecule has 1 aromatic rings. The molecule has 1 atom stereocenters. The van der Waals surface area contributed by atoms with E-state index in [-0.39, 0.29) is 36.9 Å². The molecule has 0 radical (unpaired) electrons. The van der Waals surface area contributed by atoms with Crippen LogP contribution in [0.2, 0.25) is 0 Å². The summed E-state index contributed by atoms with van der Waals surface area (Å²) in [7, 11) is 0. The lowest BCUT2D eigenvalue weighted by atomic mass is 10.0. The lowest BCUT2D eigenvalue weighted by Gasteiger charge is -2.12. The lowest BCUT2D eigenvalue weighted by molar-refractivity contribution is -0.137. The third-order valence-corrected chi connectivity index (χ3v) is 1.98. The number of alkyl halides is 3. The maximum absolute atomic E-state index is 13.2. The first-order valence-electron chi connectivity index (χ1n) is 4.18. The predicted molar refractivity (Wildman–Crippen MR) is 61.9 cm³/mol. The van der Waals surface area contributed by atoms with Crippen molar-refractivity contribution in [1.29, 1.82) is 0 Å². The molecule has 0 aliphatic rings. The zero-order valence-electron chi connectivity index (χ0n) is 8.50. The molecule has 1 rings (SSSR count). The number of benzene rings is 1. The highest BCUT2D eigenvalue weighted by Gasteiger charge is 2.31. The van der Waals surface area contributed by atoms with Crippen LogP contribution in [0.1, 0.15) is 17.2 Å². The van der Waals surface area contributed by atoms with E-state index in [1.807, 2.05) is 0 Å². The van der Waals surface area contributed by atoms with Gasteiger partial charge >= 0.3 is 6.18 Å². The van der Waals surface area contributed by atoms with Crippen molar-refractivity contribution in [3.63, 3.8) is 0 Å². The molecule has 1 aromatic carbocycles. The zero-order chi connectivity index (χ0) is 11.6. The quantitative estimate of drug-likeness (QED) is 0.824. The molecule has 0 saturated heterocycles. The van der Waals surface area contributed by atoms with Crippen LogP contribution < -0.4 is 11.5 Å². The Morgan fingerprint density at radius 2 is 1.71 bits per heavy atom. The monoisotopic (exact) mass is 294 g/mol. The minimum Gasteiger partial charge on any atom is -0.329 e. The molecule has 0 saturated carbocycles. The minimum absolute atomic E-state index is 0. The third-order valence-electron chi connectivity index (χ3n) is 1.98. The van der Waals surface area contributed by atoms with Crippen LogP contribution in [0.25, 0.3) is 0 Å². The highest BCUT2D eigenvalue weighted by molar-refractivity contribution is 5.85. The van der Waals surface area contributed by atoms with Gasteiger partial charge in [0.2, 0.25) is 0 Å². The van der Waals surface area contributed by atoms with Gasteiger partial charge in [0.1, 0.15) is 5.82 Å². The molecule has 100 valence electrons. The summed E-state index contributed by atoms with van der Waals surface area (Å²) in [6.45, 7) is -0.0255. The highest BCUT2D eigenvalue weighted by Crippen LogP contribution is 2.30. The molecule has 0 aromatic heterocycles. The molecule has 0 aliphatic carbocycles. The Hall–Kier alpha value is -0.560. The van der Waals surface area contributed by atoms with Gasteiger partial charge in [-0.25, -0.2) is 4.39 Å². The predicted octanol–water partition coefficient (Wildman–Crippen LogP) is 2.65. The Labute approximate surface area is 108 Å². The Balaban J connectivity index is 0. The van der Waals surface area contributed by atoms with E-state index in [1.165, 1.54) is 0 Å². The van der Waals surface area contributed by atoms with Gasteiger partial charge in [-0.2, -0.15) is 13.2 Å². The fourth-order valence-corrected chi connectivity index (χ4v) is 1.13. The summed E-state index contributed by atoms with van der Waals surface area (Å²) in [5.74, 6) is -0.984. The van der Waals surface area contributed by atoms with Crippen molar-refractivity contribution in [3.05, 3.63) is 35.1 Å². The second kappa shape index (κ2) is 7.00. The van der Waals surface area contributed by atoms with Crippen molar-refractivity contribution < 1.29 is 17.6 Å². The number of rotatable bonds is 2. The van der Waals surface area contributed by atoms with E-state index in [1.54, 1.807) is 0 Å². The molecule has 0 bridgehead atoms. The molecule has 0 aliphatic heterocycles. The van der Waals surface area contributed by atoms with Crippen LogP contribution in [0, 0.1) is 5.82 Å². The van der Waals surface area contributed by atoms with Crippen molar-refractivity contribution in [2.45, 2.75) is 12.2 Å². The number of hydrogen-bond acceptors (Lipinski definition) is 2. The first-order chi connectivity index (χ1) is 6.86. The highest BCUT2D eigenvalue weighted by atomic mass is 35.5. The molecule has 0 unspecified atom stereocenters. The second-order valence-corrected chi connectivity index (χ2v) is 3.08.